The average Bonchev–Trinajstić information content (AvgIpc) is 3.33. The summed E-state index contributed by atoms with van der Waals surface area (Å²) >= 11 is 6.30. The number of nitrogens with one attached hydrogen (secondary N) is 1. The van der Waals surface area contributed by atoms with E-state index in [-0.39, 0.29) is 18.9 Å². The third-order valence-electron chi connectivity index (χ3n) is 6.79. The molecule has 1 saturated carbocycles. The van der Waals surface area contributed by atoms with Crippen LogP contribution in [0.15, 0.2) is 59.5 Å². The van der Waals surface area contributed by atoms with Crippen LogP contribution in [-0.4, -0.2) is 43.3 Å². The summed E-state index contributed by atoms with van der Waals surface area (Å²) in [7, 11) is -1.54. The van der Waals surface area contributed by atoms with Crippen LogP contribution in [0.1, 0.15) is 30.5 Å². The van der Waals surface area contributed by atoms with Gasteiger partial charge in [0.2, 0.25) is 5.91 Å². The second-order valence-electron chi connectivity index (χ2n) is 9.54. The number of hydrogen-bond donors (Lipinski definition) is 1. The second-order valence-corrected chi connectivity index (χ2v) is 11.6. The van der Waals surface area contributed by atoms with Gasteiger partial charge in [0.05, 0.1) is 49.0 Å². The summed E-state index contributed by atoms with van der Waals surface area (Å²) in [5.41, 5.74) is -0.713. The number of carbonyl (C=O) groups excluding carboxylic acids is 1. The Morgan fingerprint density at radius 1 is 1.21 bits per heavy atom. The monoisotopic (exact) mass is 561 g/mol. The molecule has 5 rings (SSSR count). The van der Waals surface area contributed by atoms with Crippen LogP contribution in [-0.2, 0) is 21.8 Å². The molecule has 2 fully saturated rings. The van der Waals surface area contributed by atoms with Crippen LogP contribution in [0.2, 0.25) is 5.02 Å². The molecule has 1 unspecified atom stereocenters. The molecule has 0 radical (unpaired) electrons. The van der Waals surface area contributed by atoms with E-state index < -0.39 is 39.4 Å². The number of amides is 1. The minimum absolute atomic E-state index is 0.210. The Hall–Kier alpha value is -3.36. The fourth-order valence-corrected chi connectivity index (χ4v) is 6.47. The van der Waals surface area contributed by atoms with Crippen LogP contribution in [0.5, 0.6) is 0 Å². The average molecular weight is 562 g/mol. The number of halogens is 4. The predicted octanol–water partition coefficient (Wildman–Crippen LogP) is 4.78. The van der Waals surface area contributed by atoms with Crippen LogP contribution in [0, 0.1) is 18.3 Å². The van der Waals surface area contributed by atoms with Gasteiger partial charge in [0.1, 0.15) is 17.4 Å². The highest BCUT2D eigenvalue weighted by molar-refractivity contribution is 7.85. The molecule has 1 aliphatic heterocycles. The van der Waals surface area contributed by atoms with Gasteiger partial charge in [0, 0.05) is 12.6 Å². The molecular weight excluding hydrogens is 539 g/mol. The number of anilines is 1. The molecule has 1 saturated heterocycles. The number of nitriles is 1. The summed E-state index contributed by atoms with van der Waals surface area (Å²) in [5, 5.41) is 16.7. The molecular formula is C26H23ClF3N5O2S. The first-order valence-electron chi connectivity index (χ1n) is 11.9. The van der Waals surface area contributed by atoms with Crippen molar-refractivity contribution >= 4 is 34.1 Å². The van der Waals surface area contributed by atoms with E-state index in [1.165, 1.54) is 16.8 Å². The summed E-state index contributed by atoms with van der Waals surface area (Å²) in [4.78, 5) is 15.7. The van der Waals surface area contributed by atoms with Gasteiger partial charge in [-0.2, -0.15) is 23.5 Å². The number of nitrogens with zero attached hydrogens (tertiary/aromatic N) is 4. The van der Waals surface area contributed by atoms with Crippen LogP contribution in [0.3, 0.4) is 0 Å². The molecule has 3 atom stereocenters. The maximum Gasteiger partial charge on any atom is 0.416 e. The summed E-state index contributed by atoms with van der Waals surface area (Å²) in [6.45, 7) is 1.95. The molecule has 2 heterocycles. The Kier molecular flexibility index (Phi) is 6.73. The minimum atomic E-state index is -4.48. The molecule has 0 spiro atoms. The number of benzene rings is 2. The largest absolute Gasteiger partial charge is 0.416 e. The molecule has 7 nitrogen and oxygen atoms in total. The molecule has 12 heteroatoms. The van der Waals surface area contributed by atoms with Crippen molar-refractivity contribution < 1.29 is 22.2 Å². The first kappa shape index (κ1) is 26.3. The van der Waals surface area contributed by atoms with E-state index >= 15 is 0 Å². The molecule has 1 N–H and O–H groups in total. The smallest absolute Gasteiger partial charge is 0.343 e. The summed E-state index contributed by atoms with van der Waals surface area (Å²) in [6.07, 6.45) is -3.14. The molecule has 1 aliphatic carbocycles. The van der Waals surface area contributed by atoms with Crippen LogP contribution in [0.25, 0.3) is 5.69 Å². The van der Waals surface area contributed by atoms with Crippen LogP contribution >= 0.6 is 11.6 Å². The third kappa shape index (κ3) is 5.02. The third-order valence-corrected chi connectivity index (χ3v) is 8.97. The fraction of sp³-hybridized carbons (Fsp3) is 0.346. The highest BCUT2D eigenvalue weighted by Crippen LogP contribution is 2.38. The van der Waals surface area contributed by atoms with Gasteiger partial charge in [0.15, 0.2) is 0 Å². The van der Waals surface area contributed by atoms with Crippen molar-refractivity contribution in [3.63, 3.8) is 0 Å². The van der Waals surface area contributed by atoms with Crippen molar-refractivity contribution in [2.45, 2.75) is 54.1 Å². The van der Waals surface area contributed by atoms with E-state index in [9.17, 15) is 27.4 Å². The van der Waals surface area contributed by atoms with Crippen LogP contribution in [0.4, 0.5) is 19.0 Å². The Bertz CT molecular complexity index is 1450. The predicted molar refractivity (Wildman–Crippen MR) is 136 cm³/mol. The first-order chi connectivity index (χ1) is 18.0. The number of aromatic nitrogens is 2. The number of aryl methyl sites for hydroxylation is 1. The second kappa shape index (κ2) is 9.75. The lowest BCUT2D eigenvalue weighted by Gasteiger charge is -2.27. The molecule has 198 valence electrons. The van der Waals surface area contributed by atoms with Gasteiger partial charge < -0.3 is 10.2 Å². The van der Waals surface area contributed by atoms with Gasteiger partial charge in [-0.3, -0.25) is 9.00 Å². The minimum Gasteiger partial charge on any atom is -0.343 e. The molecule has 38 heavy (non-hydrogen) atoms. The molecule has 2 aliphatic rings. The van der Waals surface area contributed by atoms with E-state index in [0.29, 0.717) is 40.0 Å². The zero-order valence-electron chi connectivity index (χ0n) is 20.2. The van der Waals surface area contributed by atoms with Gasteiger partial charge >= 0.3 is 6.18 Å². The summed E-state index contributed by atoms with van der Waals surface area (Å²) in [6, 6.07) is 14.5. The number of carbonyl (C=O) groups is 1. The Morgan fingerprint density at radius 3 is 2.50 bits per heavy atom. The van der Waals surface area contributed by atoms with E-state index in [1.807, 2.05) is 0 Å². The van der Waals surface area contributed by atoms with Gasteiger partial charge in [-0.15, -0.1) is 0 Å². The van der Waals surface area contributed by atoms with Crippen molar-refractivity contribution in [3.8, 4) is 11.8 Å². The highest BCUT2D eigenvalue weighted by Gasteiger charge is 2.49. The number of alkyl halides is 3. The van der Waals surface area contributed by atoms with Crippen molar-refractivity contribution in [1.29, 1.82) is 5.26 Å². The maximum atomic E-state index is 13.5. The van der Waals surface area contributed by atoms with Crippen molar-refractivity contribution in [1.82, 2.24) is 15.1 Å². The Labute approximate surface area is 224 Å². The maximum absolute atomic E-state index is 13.5. The topological polar surface area (TPSA) is 91.0 Å². The van der Waals surface area contributed by atoms with Crippen LogP contribution < -0.4 is 10.2 Å². The van der Waals surface area contributed by atoms with Crippen molar-refractivity contribution in [2.24, 2.45) is 0 Å². The zero-order chi connectivity index (χ0) is 27.2. The molecule has 2 aromatic carbocycles. The molecule has 0 bridgehead atoms. The van der Waals surface area contributed by atoms with E-state index in [0.717, 1.165) is 12.1 Å². The summed E-state index contributed by atoms with van der Waals surface area (Å²) < 4.78 is 54.4. The van der Waals surface area contributed by atoms with E-state index in [4.69, 9.17) is 11.6 Å². The lowest BCUT2D eigenvalue weighted by atomic mass is 10.1. The molecule has 1 aromatic heterocycles. The number of hydrogen-bond acceptors (Lipinski definition) is 5. The number of rotatable bonds is 6. The van der Waals surface area contributed by atoms with Crippen molar-refractivity contribution in [3.05, 3.63) is 70.9 Å². The highest BCUT2D eigenvalue weighted by atomic mass is 35.5. The standard InChI is InChI=1S/C26H23ClF3N5O2S/c1-16-12-23(35(33-16)18-8-6-17(7-9-18)26(28,29)30)34-14-19(38(37)22-5-3-2-4-20(22)27)13-21(34)24(36)32-25(15-31)10-11-25/h2-9,12,19,21H,10-11,13-14H2,1H3,(H,32,36)/t19-,21+,38?/m1/s1. The normalized spacial score (nSPS) is 21.1. The lowest BCUT2D eigenvalue weighted by molar-refractivity contribution is -0.137. The Morgan fingerprint density at radius 2 is 1.89 bits per heavy atom. The zero-order valence-corrected chi connectivity index (χ0v) is 21.8. The Balaban J connectivity index is 1.51. The van der Waals surface area contributed by atoms with Gasteiger partial charge in [-0.25, -0.2) is 4.68 Å². The molecule has 3 aromatic rings. The van der Waals surface area contributed by atoms with Gasteiger partial charge in [-0.1, -0.05) is 23.7 Å². The lowest BCUT2D eigenvalue weighted by Crippen LogP contribution is -2.48. The van der Waals surface area contributed by atoms with E-state index in [2.05, 4.69) is 16.5 Å². The first-order valence-corrected chi connectivity index (χ1v) is 13.5. The van der Waals surface area contributed by atoms with Gasteiger partial charge in [0.25, 0.3) is 0 Å². The van der Waals surface area contributed by atoms with Crippen molar-refractivity contribution in [2.75, 3.05) is 11.4 Å². The fourth-order valence-electron chi connectivity index (χ4n) is 4.62. The van der Waals surface area contributed by atoms with Gasteiger partial charge in [-0.05, 0) is 62.6 Å². The summed E-state index contributed by atoms with van der Waals surface area (Å²) in [5.74, 6) is 0.100. The quantitative estimate of drug-likeness (QED) is 0.468. The van der Waals surface area contributed by atoms with E-state index in [1.54, 1.807) is 42.2 Å². The molecule has 1 amide bonds. The SMILES string of the molecule is Cc1cc(N2C[C@H](S(=O)c3ccccc3Cl)C[C@H]2C(=O)NC2(C#N)CC2)n(-c2ccc(C(F)(F)F)cc2)n1.